The molecule has 7 nitrogen and oxygen atoms in total. The molecular weight excluding hydrogens is 512 g/mol. The number of hydrogen-bond donors (Lipinski definition) is 0. The van der Waals surface area contributed by atoms with Crippen molar-refractivity contribution >= 4 is 10.0 Å². The van der Waals surface area contributed by atoms with Gasteiger partial charge in [-0.1, -0.05) is 18.2 Å². The summed E-state index contributed by atoms with van der Waals surface area (Å²) in [5, 5.41) is 4.61. The Morgan fingerprint density at radius 3 is 2.37 bits per heavy atom. The van der Waals surface area contributed by atoms with Crippen molar-refractivity contribution in [1.29, 1.82) is 0 Å². The van der Waals surface area contributed by atoms with Gasteiger partial charge in [-0.15, -0.1) is 0 Å². The van der Waals surface area contributed by atoms with Gasteiger partial charge in [-0.25, -0.2) is 21.9 Å². The Bertz CT molecular complexity index is 1540. The van der Waals surface area contributed by atoms with Gasteiger partial charge in [0, 0.05) is 19.2 Å². The summed E-state index contributed by atoms with van der Waals surface area (Å²) in [5.41, 5.74) is 1.65. The Kier molecular flexibility index (Phi) is 7.18. The number of para-hydroxylation sites is 1. The minimum atomic E-state index is -3.89. The fourth-order valence-electron chi connectivity index (χ4n) is 4.14. The highest BCUT2D eigenvalue weighted by atomic mass is 32.2. The van der Waals surface area contributed by atoms with E-state index >= 15 is 0 Å². The SMILES string of the molecule is COc1ccc(S(=O)(=O)N(Cc2c(C)nn(-c3ccccc3)c2Oc2ccc(F)cc2F)CC2CC2)cc1. The summed E-state index contributed by atoms with van der Waals surface area (Å²) in [6.07, 6.45) is 1.89. The van der Waals surface area contributed by atoms with E-state index in [0.29, 0.717) is 29.2 Å². The zero-order valence-corrected chi connectivity index (χ0v) is 21.8. The van der Waals surface area contributed by atoms with Gasteiger partial charge in [0.1, 0.15) is 11.6 Å². The number of aryl methyl sites for hydroxylation is 1. The van der Waals surface area contributed by atoms with Gasteiger partial charge in [0.15, 0.2) is 11.6 Å². The van der Waals surface area contributed by atoms with Crippen LogP contribution in [0.2, 0.25) is 0 Å². The van der Waals surface area contributed by atoms with E-state index in [4.69, 9.17) is 9.47 Å². The molecule has 38 heavy (non-hydrogen) atoms. The van der Waals surface area contributed by atoms with Gasteiger partial charge in [-0.2, -0.15) is 9.40 Å². The number of rotatable bonds is 10. The fourth-order valence-corrected chi connectivity index (χ4v) is 5.63. The van der Waals surface area contributed by atoms with Gasteiger partial charge < -0.3 is 9.47 Å². The van der Waals surface area contributed by atoms with Crippen molar-refractivity contribution < 1.29 is 26.7 Å². The maximum atomic E-state index is 14.6. The van der Waals surface area contributed by atoms with E-state index in [1.54, 1.807) is 31.2 Å². The number of hydrogen-bond acceptors (Lipinski definition) is 5. The predicted molar refractivity (Wildman–Crippen MR) is 138 cm³/mol. The monoisotopic (exact) mass is 539 g/mol. The number of halogens is 2. The molecular formula is C28H27F2N3O4S. The fraction of sp³-hybridized carbons (Fsp3) is 0.250. The molecule has 0 N–H and O–H groups in total. The molecule has 198 valence electrons. The lowest BCUT2D eigenvalue weighted by Crippen LogP contribution is -2.32. The molecule has 0 atom stereocenters. The Balaban J connectivity index is 1.58. The van der Waals surface area contributed by atoms with Gasteiger partial charge >= 0.3 is 0 Å². The summed E-state index contributed by atoms with van der Waals surface area (Å²) in [5.74, 6) is -0.846. The number of ether oxygens (including phenoxy) is 2. The molecule has 4 aromatic rings. The van der Waals surface area contributed by atoms with Crippen LogP contribution in [0.1, 0.15) is 24.1 Å². The molecule has 1 aliphatic rings. The highest BCUT2D eigenvalue weighted by molar-refractivity contribution is 7.89. The van der Waals surface area contributed by atoms with Crippen LogP contribution in [0.15, 0.2) is 77.7 Å². The standard InChI is InChI=1S/C28H27F2N3O4S/c1-19-25(18-32(17-20-8-9-20)38(34,35)24-13-11-23(36-2)12-14-24)28(33(31-19)22-6-4-3-5-7-22)37-27-15-10-21(29)16-26(27)30/h3-7,10-16,20H,8-9,17-18H2,1-2H3. The van der Waals surface area contributed by atoms with E-state index in [2.05, 4.69) is 5.10 Å². The molecule has 0 saturated heterocycles. The molecule has 0 radical (unpaired) electrons. The topological polar surface area (TPSA) is 73.7 Å². The average Bonchev–Trinajstić information content (AvgIpc) is 3.69. The molecule has 1 saturated carbocycles. The van der Waals surface area contributed by atoms with Gasteiger partial charge in [-0.05, 0) is 74.2 Å². The van der Waals surface area contributed by atoms with E-state index < -0.39 is 21.7 Å². The van der Waals surface area contributed by atoms with E-state index in [1.807, 2.05) is 18.2 Å². The van der Waals surface area contributed by atoms with Crippen molar-refractivity contribution in [3.8, 4) is 23.1 Å². The average molecular weight is 540 g/mol. The van der Waals surface area contributed by atoms with Gasteiger partial charge in [-0.3, -0.25) is 0 Å². The van der Waals surface area contributed by atoms with E-state index in [9.17, 15) is 17.2 Å². The van der Waals surface area contributed by atoms with Crippen LogP contribution in [0, 0.1) is 24.5 Å². The number of nitrogens with zero attached hydrogens (tertiary/aromatic N) is 3. The summed E-state index contributed by atoms with van der Waals surface area (Å²) in [4.78, 5) is 0.138. The molecule has 3 aromatic carbocycles. The summed E-state index contributed by atoms with van der Waals surface area (Å²) in [7, 11) is -2.38. The number of methoxy groups -OCH3 is 1. The van der Waals surface area contributed by atoms with E-state index in [-0.39, 0.29) is 29.0 Å². The number of aromatic nitrogens is 2. The van der Waals surface area contributed by atoms with Crippen molar-refractivity contribution in [2.45, 2.75) is 31.2 Å². The molecule has 1 heterocycles. The predicted octanol–water partition coefficient (Wildman–Crippen LogP) is 5.86. The van der Waals surface area contributed by atoms with Gasteiger partial charge in [0.2, 0.25) is 15.9 Å². The normalized spacial score (nSPS) is 13.6. The summed E-state index contributed by atoms with van der Waals surface area (Å²) in [6, 6.07) is 18.4. The lowest BCUT2D eigenvalue weighted by Gasteiger charge is -2.23. The molecule has 0 aliphatic heterocycles. The second-order valence-electron chi connectivity index (χ2n) is 9.21. The third kappa shape index (κ3) is 5.41. The van der Waals surface area contributed by atoms with Gasteiger partial charge in [0.25, 0.3) is 0 Å². The summed E-state index contributed by atoms with van der Waals surface area (Å²) < 4.78 is 69.8. The first kappa shape index (κ1) is 25.9. The second kappa shape index (κ2) is 10.5. The van der Waals surface area contributed by atoms with Crippen molar-refractivity contribution in [3.63, 3.8) is 0 Å². The van der Waals surface area contributed by atoms with Crippen molar-refractivity contribution in [1.82, 2.24) is 14.1 Å². The zero-order valence-electron chi connectivity index (χ0n) is 21.0. The molecule has 1 aliphatic carbocycles. The van der Waals surface area contributed by atoms with E-state index in [1.165, 1.54) is 34.3 Å². The Morgan fingerprint density at radius 1 is 1.03 bits per heavy atom. The zero-order chi connectivity index (χ0) is 26.9. The molecule has 0 amide bonds. The van der Waals surface area contributed by atoms with Crippen molar-refractivity contribution in [2.75, 3.05) is 13.7 Å². The van der Waals surface area contributed by atoms with Crippen LogP contribution in [0.3, 0.4) is 0 Å². The highest BCUT2D eigenvalue weighted by Crippen LogP contribution is 2.37. The second-order valence-corrected chi connectivity index (χ2v) is 11.1. The summed E-state index contributed by atoms with van der Waals surface area (Å²) in [6.45, 7) is 2.04. The molecule has 1 aromatic heterocycles. The van der Waals surface area contributed by atoms with Crippen LogP contribution in [0.5, 0.6) is 17.4 Å². The maximum absolute atomic E-state index is 14.6. The van der Waals surface area contributed by atoms with Crippen LogP contribution in [-0.2, 0) is 16.6 Å². The first-order valence-corrected chi connectivity index (χ1v) is 13.6. The molecule has 0 unspecified atom stereocenters. The minimum Gasteiger partial charge on any atom is -0.497 e. The Labute approximate surface area is 220 Å². The van der Waals surface area contributed by atoms with Crippen molar-refractivity contribution in [2.24, 2.45) is 5.92 Å². The lowest BCUT2D eigenvalue weighted by atomic mass is 10.2. The van der Waals surface area contributed by atoms with Crippen LogP contribution < -0.4 is 9.47 Å². The molecule has 0 spiro atoms. The van der Waals surface area contributed by atoms with Crippen LogP contribution in [0.25, 0.3) is 5.69 Å². The molecule has 1 fully saturated rings. The minimum absolute atomic E-state index is 0.0400. The van der Waals surface area contributed by atoms with Crippen LogP contribution in [-0.4, -0.2) is 36.2 Å². The van der Waals surface area contributed by atoms with Gasteiger partial charge in [0.05, 0.1) is 29.0 Å². The van der Waals surface area contributed by atoms with Crippen LogP contribution in [0.4, 0.5) is 8.78 Å². The lowest BCUT2D eigenvalue weighted by molar-refractivity contribution is 0.371. The summed E-state index contributed by atoms with van der Waals surface area (Å²) >= 11 is 0. The van der Waals surface area contributed by atoms with Crippen molar-refractivity contribution in [3.05, 3.63) is 95.7 Å². The van der Waals surface area contributed by atoms with E-state index in [0.717, 1.165) is 25.0 Å². The Morgan fingerprint density at radius 2 is 1.74 bits per heavy atom. The maximum Gasteiger partial charge on any atom is 0.243 e. The molecule has 10 heteroatoms. The molecule has 5 rings (SSSR count). The number of benzene rings is 3. The largest absolute Gasteiger partial charge is 0.497 e. The quantitative estimate of drug-likeness (QED) is 0.252. The Hall–Kier alpha value is -3.76. The highest BCUT2D eigenvalue weighted by Gasteiger charge is 2.34. The number of sulfonamides is 1. The third-order valence-electron chi connectivity index (χ3n) is 6.43. The van der Waals surface area contributed by atoms with Crippen LogP contribution >= 0.6 is 0 Å². The first-order chi connectivity index (χ1) is 18.3. The third-order valence-corrected chi connectivity index (χ3v) is 8.25. The smallest absolute Gasteiger partial charge is 0.243 e. The first-order valence-electron chi connectivity index (χ1n) is 12.2. The molecule has 0 bridgehead atoms.